The Balaban J connectivity index is 1.92. The summed E-state index contributed by atoms with van der Waals surface area (Å²) in [6.07, 6.45) is 0. The third-order valence-electron chi connectivity index (χ3n) is 2.92. The van der Waals surface area contributed by atoms with E-state index in [0.717, 1.165) is 42.5 Å². The Bertz CT molecular complexity index is 934. The molecular weight excluding hydrogens is 376 g/mol. The van der Waals surface area contributed by atoms with Crippen LogP contribution in [0.4, 0.5) is 20.2 Å². The molecule has 0 saturated carbocycles. The molecule has 12 heteroatoms. The number of rotatable bonds is 7. The van der Waals surface area contributed by atoms with Gasteiger partial charge in [-0.2, -0.15) is 4.39 Å². The van der Waals surface area contributed by atoms with Gasteiger partial charge in [0.15, 0.2) is 0 Å². The summed E-state index contributed by atoms with van der Waals surface area (Å²) < 4.78 is 49.6. The van der Waals surface area contributed by atoms with Crippen LogP contribution in [0.5, 0.6) is 0 Å². The Labute approximate surface area is 145 Å². The lowest BCUT2D eigenvalue weighted by atomic mass is 10.2. The largest absolute Gasteiger partial charge is 0.324 e. The van der Waals surface area contributed by atoms with Crippen molar-refractivity contribution in [3.63, 3.8) is 0 Å². The van der Waals surface area contributed by atoms with E-state index in [9.17, 15) is 32.1 Å². The lowest BCUT2D eigenvalue weighted by Gasteiger charge is -2.08. The molecule has 0 fully saturated rings. The van der Waals surface area contributed by atoms with E-state index in [0.29, 0.717) is 0 Å². The Hall–Kier alpha value is -2.96. The minimum atomic E-state index is -4.13. The van der Waals surface area contributed by atoms with E-state index in [1.807, 2.05) is 0 Å². The number of carbonyl (C=O) groups excluding carboxylic acids is 1. The maximum Gasteiger partial charge on any atom is 0.306 e. The number of hydrogen-bond donors (Lipinski definition) is 2. The number of nitro groups is 1. The maximum atomic E-state index is 13.2. The van der Waals surface area contributed by atoms with Gasteiger partial charge in [0, 0.05) is 11.8 Å². The summed E-state index contributed by atoms with van der Waals surface area (Å²) in [6, 6.07) is 6.55. The summed E-state index contributed by atoms with van der Waals surface area (Å²) in [5, 5.41) is 12.8. The van der Waals surface area contributed by atoms with Crippen molar-refractivity contribution in [2.24, 2.45) is 0 Å². The molecule has 1 amide bonds. The molecule has 138 valence electrons. The minimum Gasteiger partial charge on any atom is -0.324 e. The van der Waals surface area contributed by atoms with Crippen LogP contribution in [0.25, 0.3) is 0 Å². The zero-order valence-electron chi connectivity index (χ0n) is 12.8. The molecule has 0 heterocycles. The lowest BCUT2D eigenvalue weighted by Crippen LogP contribution is -2.29. The second-order valence-electron chi connectivity index (χ2n) is 4.80. The predicted octanol–water partition coefficient (Wildman–Crippen LogP) is 1.72. The monoisotopic (exact) mass is 387 g/mol. The second-order valence-corrected chi connectivity index (χ2v) is 6.45. The molecule has 0 radical (unpaired) electrons. The molecule has 2 N–H and O–H groups in total. The van der Waals surface area contributed by atoms with Crippen LogP contribution in [-0.2, 0) is 19.7 Å². The summed E-state index contributed by atoms with van der Waals surface area (Å²) in [4.78, 5) is 27.3. The molecule has 0 aliphatic rings. The van der Waals surface area contributed by atoms with Gasteiger partial charge in [-0.15, -0.1) is 0 Å². The molecule has 0 aliphatic carbocycles. The molecule has 0 spiro atoms. The molecule has 9 nitrogen and oxygen atoms in total. The quantitative estimate of drug-likeness (QED) is 0.550. The number of nitro benzene ring substituents is 1. The molecule has 26 heavy (non-hydrogen) atoms. The SMILES string of the molecule is O=C(CONS(=O)(=O)c1ccc(F)cc1)Nc1ccc(F)c([N+](=O)[O-])c1. The predicted molar refractivity (Wildman–Crippen MR) is 84.4 cm³/mol. The molecule has 0 saturated heterocycles. The van der Waals surface area contributed by atoms with Crippen LogP contribution in [0.2, 0.25) is 0 Å². The average molecular weight is 387 g/mol. The van der Waals surface area contributed by atoms with E-state index >= 15 is 0 Å². The van der Waals surface area contributed by atoms with Gasteiger partial charge in [-0.05, 0) is 36.4 Å². The lowest BCUT2D eigenvalue weighted by molar-refractivity contribution is -0.387. The standard InChI is InChI=1S/C14H11F2N3O6S/c15-9-1-4-11(5-2-9)26(23,24)18-25-8-14(20)17-10-3-6-12(16)13(7-10)19(21)22/h1-7,18H,8H2,(H,17,20). The number of nitrogens with zero attached hydrogens (tertiary/aromatic N) is 1. The van der Waals surface area contributed by atoms with Gasteiger partial charge < -0.3 is 5.32 Å². The van der Waals surface area contributed by atoms with Crippen LogP contribution in [0.1, 0.15) is 0 Å². The number of carbonyl (C=O) groups is 1. The summed E-state index contributed by atoms with van der Waals surface area (Å²) in [6.45, 7) is -0.772. The van der Waals surface area contributed by atoms with Crippen molar-refractivity contribution in [2.75, 3.05) is 11.9 Å². The first-order chi connectivity index (χ1) is 12.2. The zero-order chi connectivity index (χ0) is 19.3. The number of nitrogens with one attached hydrogen (secondary N) is 2. The van der Waals surface area contributed by atoms with Crippen molar-refractivity contribution >= 4 is 27.3 Å². The van der Waals surface area contributed by atoms with Gasteiger partial charge in [-0.1, -0.05) is 4.89 Å². The average Bonchev–Trinajstić information content (AvgIpc) is 2.56. The third-order valence-corrected chi connectivity index (χ3v) is 4.15. The van der Waals surface area contributed by atoms with Gasteiger partial charge in [0.1, 0.15) is 12.4 Å². The zero-order valence-corrected chi connectivity index (χ0v) is 13.6. The number of halogens is 2. The maximum absolute atomic E-state index is 13.2. The van der Waals surface area contributed by atoms with Gasteiger partial charge in [0.05, 0.1) is 9.82 Å². The summed E-state index contributed by atoms with van der Waals surface area (Å²) >= 11 is 0. The smallest absolute Gasteiger partial charge is 0.306 e. The van der Waals surface area contributed by atoms with Gasteiger partial charge in [-0.3, -0.25) is 19.7 Å². The molecule has 0 unspecified atom stereocenters. The van der Waals surface area contributed by atoms with Crippen LogP contribution in [-0.4, -0.2) is 25.9 Å². The third kappa shape index (κ3) is 5.02. The number of amides is 1. The van der Waals surface area contributed by atoms with E-state index in [1.54, 1.807) is 4.89 Å². The normalized spacial score (nSPS) is 11.2. The van der Waals surface area contributed by atoms with E-state index < -0.39 is 44.8 Å². The van der Waals surface area contributed by atoms with E-state index in [1.165, 1.54) is 0 Å². The molecule has 2 aromatic rings. The number of benzene rings is 2. The Morgan fingerprint density at radius 2 is 1.81 bits per heavy atom. The highest BCUT2D eigenvalue weighted by Crippen LogP contribution is 2.21. The van der Waals surface area contributed by atoms with E-state index in [2.05, 4.69) is 10.2 Å². The minimum absolute atomic E-state index is 0.0758. The van der Waals surface area contributed by atoms with Gasteiger partial charge in [0.2, 0.25) is 5.82 Å². The van der Waals surface area contributed by atoms with Crippen molar-refractivity contribution in [3.05, 3.63) is 64.2 Å². The molecule has 0 bridgehead atoms. The molecule has 0 aromatic heterocycles. The van der Waals surface area contributed by atoms with Crippen molar-refractivity contribution in [1.29, 1.82) is 0 Å². The second kappa shape index (κ2) is 7.95. The molecule has 0 aliphatic heterocycles. The van der Waals surface area contributed by atoms with Crippen LogP contribution in [0, 0.1) is 21.7 Å². The van der Waals surface area contributed by atoms with Crippen molar-refractivity contribution in [3.8, 4) is 0 Å². The molecule has 2 aromatic carbocycles. The first-order valence-corrected chi connectivity index (χ1v) is 8.30. The van der Waals surface area contributed by atoms with Crippen molar-refractivity contribution in [2.45, 2.75) is 4.90 Å². The fourth-order valence-electron chi connectivity index (χ4n) is 1.76. The topological polar surface area (TPSA) is 128 Å². The number of hydrogen-bond acceptors (Lipinski definition) is 6. The van der Waals surface area contributed by atoms with Crippen LogP contribution in [0.3, 0.4) is 0 Å². The van der Waals surface area contributed by atoms with Crippen LogP contribution in [0.15, 0.2) is 47.4 Å². The van der Waals surface area contributed by atoms with Gasteiger partial charge in [-0.25, -0.2) is 12.8 Å². The highest BCUT2D eigenvalue weighted by Gasteiger charge is 2.17. The first kappa shape index (κ1) is 19.4. The fraction of sp³-hybridized carbons (Fsp3) is 0.0714. The van der Waals surface area contributed by atoms with Gasteiger partial charge in [0.25, 0.3) is 15.9 Å². The first-order valence-electron chi connectivity index (χ1n) is 6.82. The Morgan fingerprint density at radius 1 is 1.15 bits per heavy atom. The number of anilines is 1. The van der Waals surface area contributed by atoms with Crippen molar-refractivity contribution < 1.29 is 31.8 Å². The van der Waals surface area contributed by atoms with Crippen LogP contribution >= 0.6 is 0 Å². The Kier molecular flexibility index (Phi) is 5.92. The van der Waals surface area contributed by atoms with Crippen LogP contribution < -0.4 is 10.2 Å². The summed E-state index contributed by atoms with van der Waals surface area (Å²) in [7, 11) is -4.13. The highest BCUT2D eigenvalue weighted by atomic mass is 32.2. The molecule has 2 rings (SSSR count). The summed E-state index contributed by atoms with van der Waals surface area (Å²) in [5.41, 5.74) is -0.908. The Morgan fingerprint density at radius 3 is 2.42 bits per heavy atom. The van der Waals surface area contributed by atoms with E-state index in [-0.39, 0.29) is 10.6 Å². The fourth-order valence-corrected chi connectivity index (χ4v) is 2.57. The molecule has 0 atom stereocenters. The van der Waals surface area contributed by atoms with Crippen molar-refractivity contribution in [1.82, 2.24) is 4.89 Å². The summed E-state index contributed by atoms with van der Waals surface area (Å²) in [5.74, 6) is -2.55. The molecular formula is C14H11F2N3O6S. The van der Waals surface area contributed by atoms with Gasteiger partial charge >= 0.3 is 5.69 Å². The number of sulfonamides is 1. The van der Waals surface area contributed by atoms with E-state index in [4.69, 9.17) is 0 Å². The highest BCUT2D eigenvalue weighted by molar-refractivity contribution is 7.89.